The summed E-state index contributed by atoms with van der Waals surface area (Å²) in [5, 5.41) is 15.5. The Morgan fingerprint density at radius 3 is 2.34 bits per heavy atom. The number of benzene rings is 3. The van der Waals surface area contributed by atoms with Crippen LogP contribution in [0.2, 0.25) is 0 Å². The van der Waals surface area contributed by atoms with Gasteiger partial charge in [-0.25, -0.2) is 10.8 Å². The van der Waals surface area contributed by atoms with Gasteiger partial charge in [-0.15, -0.1) is 0 Å². The van der Waals surface area contributed by atoms with Crippen LogP contribution in [0.3, 0.4) is 0 Å². The third-order valence-corrected chi connectivity index (χ3v) is 6.03. The molecule has 3 aromatic carbocycles. The van der Waals surface area contributed by atoms with Crippen molar-refractivity contribution in [2.45, 2.75) is 19.9 Å². The minimum absolute atomic E-state index is 0.0535. The zero-order chi connectivity index (χ0) is 27.2. The predicted octanol–water partition coefficient (Wildman–Crippen LogP) is 4.33. The van der Waals surface area contributed by atoms with Crippen molar-refractivity contribution in [3.8, 4) is 0 Å². The van der Waals surface area contributed by atoms with Crippen LogP contribution in [0, 0.1) is 23.0 Å². The van der Waals surface area contributed by atoms with Crippen LogP contribution in [-0.2, 0) is 9.53 Å². The van der Waals surface area contributed by atoms with E-state index in [-0.39, 0.29) is 23.8 Å². The minimum atomic E-state index is -1.37. The van der Waals surface area contributed by atoms with Crippen molar-refractivity contribution in [1.29, 1.82) is 0 Å². The number of esters is 1. The van der Waals surface area contributed by atoms with Gasteiger partial charge in [-0.1, -0.05) is 48.0 Å². The molecule has 2 atom stereocenters. The lowest BCUT2D eigenvalue weighted by Gasteiger charge is -2.35. The summed E-state index contributed by atoms with van der Waals surface area (Å²) < 4.78 is 5.28. The number of hydrogen-bond donors (Lipinski definition) is 2. The first-order valence-electron chi connectivity index (χ1n) is 12.0. The standard InChI is InChI=1S/C28H27N5O5/c1-3-38-27(35)25(26(34)20-13-15-22(16-14-20)33(36)37)24-17-23(19-11-9-18(2)10-12-19)31-28(32(24)29)30-21-7-5-4-6-8-21/h4-17,24-25H,3,29H2,1-2H3,(H,30,31). The maximum absolute atomic E-state index is 13.7. The van der Waals surface area contributed by atoms with Gasteiger partial charge in [0.05, 0.1) is 23.3 Å². The Bertz CT molecular complexity index is 1390. The quantitative estimate of drug-likeness (QED) is 0.113. The molecule has 0 radical (unpaired) electrons. The highest BCUT2D eigenvalue weighted by Gasteiger charge is 2.41. The van der Waals surface area contributed by atoms with E-state index in [4.69, 9.17) is 10.6 Å². The molecule has 0 saturated heterocycles. The van der Waals surface area contributed by atoms with Crippen molar-refractivity contribution in [3.63, 3.8) is 0 Å². The lowest BCUT2D eigenvalue weighted by molar-refractivity contribution is -0.384. The number of nitrogens with one attached hydrogen (secondary N) is 1. The fraction of sp³-hybridized carbons (Fsp3) is 0.179. The highest BCUT2D eigenvalue weighted by atomic mass is 16.6. The molecule has 1 heterocycles. The van der Waals surface area contributed by atoms with E-state index >= 15 is 0 Å². The van der Waals surface area contributed by atoms with Gasteiger partial charge in [0.25, 0.3) is 5.69 Å². The number of hydrogen-bond acceptors (Lipinski definition) is 9. The van der Waals surface area contributed by atoms with E-state index in [0.29, 0.717) is 11.4 Å². The number of nitro groups is 1. The highest BCUT2D eigenvalue weighted by Crippen LogP contribution is 2.29. The smallest absolute Gasteiger partial charge is 0.319 e. The monoisotopic (exact) mass is 513 g/mol. The van der Waals surface area contributed by atoms with Gasteiger partial charge in [-0.05, 0) is 44.2 Å². The molecule has 0 saturated carbocycles. The number of ether oxygens (including phenoxy) is 1. The molecule has 38 heavy (non-hydrogen) atoms. The number of nitrogens with two attached hydrogens (primary N) is 1. The summed E-state index contributed by atoms with van der Waals surface area (Å²) >= 11 is 0. The molecular weight excluding hydrogens is 486 g/mol. The van der Waals surface area contributed by atoms with Gasteiger partial charge >= 0.3 is 5.97 Å². The molecule has 0 aliphatic carbocycles. The second kappa shape index (κ2) is 11.5. The van der Waals surface area contributed by atoms with E-state index < -0.39 is 28.6 Å². The van der Waals surface area contributed by atoms with Gasteiger partial charge in [0, 0.05) is 28.9 Å². The molecule has 3 aromatic rings. The van der Waals surface area contributed by atoms with E-state index in [1.54, 1.807) is 13.0 Å². The van der Waals surface area contributed by atoms with E-state index in [0.717, 1.165) is 11.1 Å². The first kappa shape index (κ1) is 26.2. The summed E-state index contributed by atoms with van der Waals surface area (Å²) in [6.45, 7) is 3.66. The second-order valence-corrected chi connectivity index (χ2v) is 8.64. The molecule has 0 amide bonds. The normalized spacial score (nSPS) is 15.7. The maximum atomic E-state index is 13.7. The number of non-ortho nitro benzene ring substituents is 1. The van der Waals surface area contributed by atoms with Gasteiger partial charge in [0.1, 0.15) is 5.92 Å². The summed E-state index contributed by atoms with van der Waals surface area (Å²) in [5.74, 6) is 4.00. The summed E-state index contributed by atoms with van der Waals surface area (Å²) in [6.07, 6.45) is 1.66. The number of rotatable bonds is 8. The number of guanidine groups is 1. The van der Waals surface area contributed by atoms with Crippen LogP contribution in [0.1, 0.15) is 28.4 Å². The van der Waals surface area contributed by atoms with Crippen LogP contribution in [0.25, 0.3) is 5.70 Å². The topological polar surface area (TPSA) is 140 Å². The lowest BCUT2D eigenvalue weighted by Crippen LogP contribution is -2.55. The molecule has 1 aliphatic heterocycles. The van der Waals surface area contributed by atoms with E-state index in [2.05, 4.69) is 10.3 Å². The summed E-state index contributed by atoms with van der Waals surface area (Å²) in [5.41, 5.74) is 3.00. The van der Waals surface area contributed by atoms with Gasteiger partial charge in [0.2, 0.25) is 5.96 Å². The Morgan fingerprint density at radius 2 is 1.74 bits per heavy atom. The Balaban J connectivity index is 1.79. The molecule has 10 nitrogen and oxygen atoms in total. The molecule has 0 aromatic heterocycles. The number of nitrogens with zero attached hydrogens (tertiary/aromatic N) is 3. The number of aryl methyl sites for hydroxylation is 1. The highest BCUT2D eigenvalue weighted by molar-refractivity contribution is 6.10. The fourth-order valence-corrected chi connectivity index (χ4v) is 4.04. The predicted molar refractivity (Wildman–Crippen MR) is 144 cm³/mol. The number of carbonyl (C=O) groups excluding carboxylic acids is 2. The molecule has 2 unspecified atom stereocenters. The summed E-state index contributed by atoms with van der Waals surface area (Å²) in [7, 11) is 0. The first-order valence-corrected chi connectivity index (χ1v) is 12.0. The number of hydrazine groups is 1. The Morgan fingerprint density at radius 1 is 1.08 bits per heavy atom. The number of Topliss-reactive ketones (excluding diaryl/α,β-unsaturated/α-hetero) is 1. The van der Waals surface area contributed by atoms with Crippen LogP contribution in [0.5, 0.6) is 0 Å². The number of nitro benzene ring substituents is 1. The number of anilines is 1. The maximum Gasteiger partial charge on any atom is 0.319 e. The molecule has 3 N–H and O–H groups in total. The largest absolute Gasteiger partial charge is 0.465 e. The van der Waals surface area contributed by atoms with E-state index in [9.17, 15) is 19.7 Å². The SMILES string of the molecule is CCOC(=O)C(C(=O)c1ccc([N+](=O)[O-])cc1)C1C=C(c2ccc(C)cc2)N=C(Nc2ccccc2)N1N. The Labute approximate surface area is 219 Å². The number of aliphatic imine (C=N–C) groups is 1. The van der Waals surface area contributed by atoms with E-state index in [1.807, 2.05) is 61.5 Å². The van der Waals surface area contributed by atoms with Crippen molar-refractivity contribution in [2.75, 3.05) is 11.9 Å². The first-order chi connectivity index (χ1) is 18.3. The van der Waals surface area contributed by atoms with Crippen molar-refractivity contribution in [3.05, 3.63) is 112 Å². The lowest BCUT2D eigenvalue weighted by atomic mass is 9.88. The third-order valence-electron chi connectivity index (χ3n) is 6.03. The van der Waals surface area contributed by atoms with Gasteiger partial charge < -0.3 is 10.1 Å². The minimum Gasteiger partial charge on any atom is -0.465 e. The van der Waals surface area contributed by atoms with Crippen LogP contribution in [-0.4, -0.2) is 40.3 Å². The van der Waals surface area contributed by atoms with Crippen molar-refractivity contribution < 1.29 is 19.2 Å². The average Bonchev–Trinajstić information content (AvgIpc) is 2.92. The molecule has 4 rings (SSSR count). The molecule has 0 bridgehead atoms. The molecule has 194 valence electrons. The average molecular weight is 514 g/mol. The summed E-state index contributed by atoms with van der Waals surface area (Å²) in [4.78, 5) is 42.1. The van der Waals surface area contributed by atoms with Gasteiger partial charge in [-0.2, -0.15) is 0 Å². The van der Waals surface area contributed by atoms with Crippen LogP contribution in [0.15, 0.2) is 89.9 Å². The number of carbonyl (C=O) groups is 2. The van der Waals surface area contributed by atoms with Gasteiger partial charge in [-0.3, -0.25) is 24.7 Å². The third kappa shape index (κ3) is 5.76. The molecule has 10 heteroatoms. The molecular formula is C28H27N5O5. The Hall–Kier alpha value is -4.83. The van der Waals surface area contributed by atoms with Crippen LogP contribution in [0.4, 0.5) is 11.4 Å². The van der Waals surface area contributed by atoms with Crippen molar-refractivity contribution in [1.82, 2.24) is 5.01 Å². The van der Waals surface area contributed by atoms with Crippen LogP contribution < -0.4 is 11.2 Å². The number of para-hydroxylation sites is 1. The van der Waals surface area contributed by atoms with Gasteiger partial charge in [0.15, 0.2) is 5.78 Å². The molecule has 0 fully saturated rings. The van der Waals surface area contributed by atoms with E-state index in [1.165, 1.54) is 29.3 Å². The fourth-order valence-electron chi connectivity index (χ4n) is 4.04. The van der Waals surface area contributed by atoms with Crippen molar-refractivity contribution in [2.24, 2.45) is 16.8 Å². The zero-order valence-corrected chi connectivity index (χ0v) is 20.9. The zero-order valence-electron chi connectivity index (χ0n) is 20.9. The second-order valence-electron chi connectivity index (χ2n) is 8.64. The Kier molecular flexibility index (Phi) is 7.93. The number of ketones is 1. The molecule has 1 aliphatic rings. The van der Waals surface area contributed by atoms with Crippen LogP contribution >= 0.6 is 0 Å². The summed E-state index contributed by atoms with van der Waals surface area (Å²) in [6, 6.07) is 21.0. The van der Waals surface area contributed by atoms with Crippen molar-refractivity contribution >= 4 is 34.8 Å². The molecule has 0 spiro atoms.